The van der Waals surface area contributed by atoms with Crippen molar-refractivity contribution in [2.24, 2.45) is 5.41 Å². The fourth-order valence-electron chi connectivity index (χ4n) is 4.59. The molecule has 0 radical (unpaired) electrons. The molecule has 3 aromatic rings. The van der Waals surface area contributed by atoms with Crippen molar-refractivity contribution >= 4 is 34.7 Å². The van der Waals surface area contributed by atoms with Gasteiger partial charge in [-0.05, 0) is 48.6 Å². The van der Waals surface area contributed by atoms with Crippen LogP contribution < -0.4 is 10.9 Å². The molecule has 0 bridgehead atoms. The van der Waals surface area contributed by atoms with Gasteiger partial charge in [-0.3, -0.25) is 9.59 Å². The molecular weight excluding hydrogens is 457 g/mol. The molecule has 0 saturated heterocycles. The van der Waals surface area contributed by atoms with E-state index in [-0.39, 0.29) is 22.6 Å². The molecule has 0 spiro atoms. The monoisotopic (exact) mass is 481 g/mol. The molecular formula is C25H24FN3O2S2. The number of fused-ring (bicyclic) bond motifs is 1. The van der Waals surface area contributed by atoms with E-state index < -0.39 is 5.92 Å². The summed E-state index contributed by atoms with van der Waals surface area (Å²) in [7, 11) is 0. The quantitative estimate of drug-likeness (QED) is 0.365. The third-order valence-electron chi connectivity index (χ3n) is 6.03. The number of Topliss-reactive ketones (excluding diaryl/α,β-unsaturated/α-hetero) is 1. The highest BCUT2D eigenvalue weighted by atomic mass is 32.2. The van der Waals surface area contributed by atoms with Crippen LogP contribution >= 0.6 is 23.1 Å². The van der Waals surface area contributed by atoms with Crippen molar-refractivity contribution in [1.29, 1.82) is 0 Å². The van der Waals surface area contributed by atoms with E-state index in [1.807, 2.05) is 19.1 Å². The molecule has 0 amide bonds. The number of hydrogen-bond acceptors (Lipinski definition) is 6. The van der Waals surface area contributed by atoms with Crippen molar-refractivity contribution in [2.75, 3.05) is 5.32 Å². The van der Waals surface area contributed by atoms with Crippen molar-refractivity contribution in [3.05, 3.63) is 84.7 Å². The molecule has 5 rings (SSSR count). The summed E-state index contributed by atoms with van der Waals surface area (Å²) in [4.78, 5) is 36.3. The molecule has 170 valence electrons. The SMILES string of the molecule is Cc1ccc(C2C3=C(CC(C)(C)CC3=O)Nc3nc(SCc4ccc(F)cc4)[nH]c(=O)c32)s1. The summed E-state index contributed by atoms with van der Waals surface area (Å²) in [6, 6.07) is 10.3. The molecule has 33 heavy (non-hydrogen) atoms. The number of ketones is 1. The lowest BCUT2D eigenvalue weighted by Crippen LogP contribution is -2.36. The Labute approximate surface area is 199 Å². The predicted molar refractivity (Wildman–Crippen MR) is 130 cm³/mol. The Balaban J connectivity index is 1.56. The van der Waals surface area contributed by atoms with Gasteiger partial charge in [0.05, 0.1) is 11.5 Å². The molecule has 5 nitrogen and oxygen atoms in total. The number of rotatable bonds is 4. The van der Waals surface area contributed by atoms with E-state index in [0.717, 1.165) is 27.4 Å². The number of aromatic nitrogens is 2. The number of allylic oxidation sites excluding steroid dienone is 2. The Kier molecular flexibility index (Phi) is 5.53. The third kappa shape index (κ3) is 4.29. The Morgan fingerprint density at radius 2 is 1.91 bits per heavy atom. The molecule has 1 aliphatic carbocycles. The first-order valence-corrected chi connectivity index (χ1v) is 12.6. The maximum atomic E-state index is 13.3. The summed E-state index contributed by atoms with van der Waals surface area (Å²) in [5.74, 6) is 0.461. The van der Waals surface area contributed by atoms with Gasteiger partial charge in [0, 0.05) is 33.2 Å². The first kappa shape index (κ1) is 22.1. The second-order valence-electron chi connectivity index (χ2n) is 9.39. The number of nitrogens with one attached hydrogen (secondary N) is 2. The molecule has 1 aromatic carbocycles. The van der Waals surface area contributed by atoms with Crippen molar-refractivity contribution in [3.63, 3.8) is 0 Å². The average Bonchev–Trinajstić information content (AvgIpc) is 3.17. The highest BCUT2D eigenvalue weighted by molar-refractivity contribution is 7.98. The van der Waals surface area contributed by atoms with E-state index in [0.29, 0.717) is 34.3 Å². The van der Waals surface area contributed by atoms with Crippen LogP contribution in [0, 0.1) is 18.2 Å². The minimum absolute atomic E-state index is 0.0876. The van der Waals surface area contributed by atoms with Gasteiger partial charge in [-0.2, -0.15) is 0 Å². The number of carbonyl (C=O) groups is 1. The van der Waals surface area contributed by atoms with Crippen LogP contribution in [0.15, 0.2) is 57.6 Å². The highest BCUT2D eigenvalue weighted by Crippen LogP contribution is 2.48. The molecule has 2 N–H and O–H groups in total. The fraction of sp³-hybridized carbons (Fsp3) is 0.320. The highest BCUT2D eigenvalue weighted by Gasteiger charge is 2.42. The van der Waals surface area contributed by atoms with E-state index in [4.69, 9.17) is 4.98 Å². The zero-order valence-electron chi connectivity index (χ0n) is 18.6. The molecule has 0 fully saturated rings. The summed E-state index contributed by atoms with van der Waals surface area (Å²) >= 11 is 2.99. The second kappa shape index (κ2) is 8.25. The van der Waals surface area contributed by atoms with Gasteiger partial charge in [0.2, 0.25) is 0 Å². The topological polar surface area (TPSA) is 74.8 Å². The summed E-state index contributed by atoms with van der Waals surface area (Å²) in [5.41, 5.74) is 2.60. The van der Waals surface area contributed by atoms with Gasteiger partial charge in [0.15, 0.2) is 10.9 Å². The van der Waals surface area contributed by atoms with Crippen LogP contribution in [0.5, 0.6) is 0 Å². The third-order valence-corrected chi connectivity index (χ3v) is 8.04. The largest absolute Gasteiger partial charge is 0.343 e. The number of aromatic amines is 1. The molecule has 2 aromatic heterocycles. The second-order valence-corrected chi connectivity index (χ2v) is 11.7. The van der Waals surface area contributed by atoms with E-state index in [2.05, 4.69) is 24.1 Å². The van der Waals surface area contributed by atoms with Gasteiger partial charge in [-0.15, -0.1) is 11.3 Å². The Bertz CT molecular complexity index is 1340. The van der Waals surface area contributed by atoms with Crippen molar-refractivity contribution in [3.8, 4) is 0 Å². The van der Waals surface area contributed by atoms with Gasteiger partial charge in [0.1, 0.15) is 11.6 Å². The molecule has 1 unspecified atom stereocenters. The Morgan fingerprint density at radius 1 is 1.15 bits per heavy atom. The number of thioether (sulfide) groups is 1. The zero-order valence-corrected chi connectivity index (χ0v) is 20.3. The van der Waals surface area contributed by atoms with Gasteiger partial charge in [0.25, 0.3) is 5.56 Å². The minimum Gasteiger partial charge on any atom is -0.343 e. The van der Waals surface area contributed by atoms with Crippen LogP contribution in [0.25, 0.3) is 0 Å². The van der Waals surface area contributed by atoms with Crippen LogP contribution in [0.2, 0.25) is 0 Å². The molecule has 8 heteroatoms. The van der Waals surface area contributed by atoms with Crippen LogP contribution in [0.4, 0.5) is 10.2 Å². The summed E-state index contributed by atoms with van der Waals surface area (Å²) < 4.78 is 13.2. The maximum Gasteiger partial charge on any atom is 0.257 e. The molecule has 3 heterocycles. The number of hydrogen-bond donors (Lipinski definition) is 2. The molecule has 2 aliphatic rings. The minimum atomic E-state index is -0.411. The number of aryl methyl sites for hydroxylation is 1. The molecule has 1 aliphatic heterocycles. The molecule has 1 atom stereocenters. The van der Waals surface area contributed by atoms with Gasteiger partial charge >= 0.3 is 0 Å². The zero-order chi connectivity index (χ0) is 23.3. The predicted octanol–water partition coefficient (Wildman–Crippen LogP) is 5.77. The normalized spacial score (nSPS) is 19.2. The summed E-state index contributed by atoms with van der Waals surface area (Å²) in [6.07, 6.45) is 1.18. The van der Waals surface area contributed by atoms with E-state index >= 15 is 0 Å². The Hall–Kier alpha value is -2.71. The number of carbonyl (C=O) groups excluding carboxylic acids is 1. The van der Waals surface area contributed by atoms with Gasteiger partial charge in [-0.25, -0.2) is 9.37 Å². The van der Waals surface area contributed by atoms with E-state index in [1.165, 1.54) is 23.9 Å². The number of H-pyrrole nitrogens is 1. The van der Waals surface area contributed by atoms with Crippen LogP contribution in [-0.2, 0) is 10.5 Å². The van der Waals surface area contributed by atoms with Crippen LogP contribution in [0.3, 0.4) is 0 Å². The Morgan fingerprint density at radius 3 is 2.61 bits per heavy atom. The number of anilines is 1. The lowest BCUT2D eigenvalue weighted by Gasteiger charge is -2.38. The lowest BCUT2D eigenvalue weighted by molar-refractivity contribution is -0.118. The summed E-state index contributed by atoms with van der Waals surface area (Å²) in [5, 5.41) is 3.84. The number of benzene rings is 1. The standard InChI is InChI=1S/C25H24FN3O2S2/c1-13-4-9-18(33-13)20-19-16(10-25(2,3)11-17(19)30)27-22-21(20)23(31)29-24(28-22)32-12-14-5-7-15(26)8-6-14/h4-9,20H,10-12H2,1-3H3,(H2,27,28,29,31). The van der Waals surface area contributed by atoms with Crippen molar-refractivity contribution in [1.82, 2.24) is 9.97 Å². The van der Waals surface area contributed by atoms with E-state index in [9.17, 15) is 14.0 Å². The van der Waals surface area contributed by atoms with Crippen molar-refractivity contribution in [2.45, 2.75) is 50.4 Å². The maximum absolute atomic E-state index is 13.3. The molecule has 0 saturated carbocycles. The number of thiophene rings is 1. The smallest absolute Gasteiger partial charge is 0.257 e. The van der Waals surface area contributed by atoms with Gasteiger partial charge in [-0.1, -0.05) is 37.7 Å². The van der Waals surface area contributed by atoms with Crippen LogP contribution in [0.1, 0.15) is 53.5 Å². The first-order valence-electron chi connectivity index (χ1n) is 10.8. The fourth-order valence-corrected chi connectivity index (χ4v) is 6.40. The average molecular weight is 482 g/mol. The van der Waals surface area contributed by atoms with Gasteiger partial charge < -0.3 is 10.3 Å². The van der Waals surface area contributed by atoms with Crippen LogP contribution in [-0.4, -0.2) is 15.8 Å². The number of nitrogens with zero attached hydrogens (tertiary/aromatic N) is 1. The first-order chi connectivity index (χ1) is 15.7. The number of halogens is 1. The van der Waals surface area contributed by atoms with E-state index in [1.54, 1.807) is 23.5 Å². The lowest BCUT2D eigenvalue weighted by atomic mass is 9.70. The van der Waals surface area contributed by atoms with Crippen molar-refractivity contribution < 1.29 is 9.18 Å². The summed E-state index contributed by atoms with van der Waals surface area (Å²) in [6.45, 7) is 6.20.